The van der Waals surface area contributed by atoms with Crippen molar-refractivity contribution in [2.45, 2.75) is 26.2 Å². The lowest BCUT2D eigenvalue weighted by Crippen LogP contribution is -2.17. The van der Waals surface area contributed by atoms with Crippen molar-refractivity contribution in [2.24, 2.45) is 0 Å². The van der Waals surface area contributed by atoms with Crippen LogP contribution in [0, 0.1) is 0 Å². The van der Waals surface area contributed by atoms with Crippen LogP contribution >= 0.6 is 0 Å². The van der Waals surface area contributed by atoms with Crippen molar-refractivity contribution >= 4 is 22.4 Å². The number of fused-ring (bicyclic) bond motifs is 2. The largest absolute Gasteiger partial charge is 0.434 e. The van der Waals surface area contributed by atoms with Crippen LogP contribution in [0.5, 0.6) is 5.75 Å². The summed E-state index contributed by atoms with van der Waals surface area (Å²) in [5, 5.41) is 4.39. The monoisotopic (exact) mass is 419 g/mol. The lowest BCUT2D eigenvalue weighted by atomic mass is 10.2. The number of pyridine rings is 1. The van der Waals surface area contributed by atoms with E-state index in [-0.39, 0.29) is 5.75 Å². The molecule has 4 aromatic rings. The average molecular weight is 419 g/mol. The Balaban J connectivity index is 1.35. The van der Waals surface area contributed by atoms with Gasteiger partial charge in [0.15, 0.2) is 0 Å². The fourth-order valence-corrected chi connectivity index (χ4v) is 3.82. The van der Waals surface area contributed by atoms with Gasteiger partial charge in [-0.2, -0.15) is 8.78 Å². The zero-order chi connectivity index (χ0) is 21.2. The second kappa shape index (κ2) is 8.23. The van der Waals surface area contributed by atoms with Gasteiger partial charge in [0, 0.05) is 36.1 Å². The Kier molecular flexibility index (Phi) is 5.13. The highest BCUT2D eigenvalue weighted by Gasteiger charge is 2.25. The third kappa shape index (κ3) is 4.15. The molecule has 0 spiro atoms. The number of anilines is 2. The predicted octanol–water partition coefficient (Wildman–Crippen LogP) is 4.89. The lowest BCUT2D eigenvalue weighted by Gasteiger charge is -2.17. The number of benzene rings is 2. The van der Waals surface area contributed by atoms with E-state index in [9.17, 15) is 8.78 Å². The molecule has 1 aliphatic rings. The number of aromatic nitrogens is 3. The molecule has 0 atom stereocenters. The highest BCUT2D eigenvalue weighted by atomic mass is 19.3. The molecular formula is C23H19F2N5O. The van der Waals surface area contributed by atoms with Gasteiger partial charge >= 0.3 is 6.61 Å². The van der Waals surface area contributed by atoms with Crippen LogP contribution in [0.25, 0.3) is 10.9 Å². The van der Waals surface area contributed by atoms with Crippen LogP contribution in [0.4, 0.5) is 20.3 Å². The molecule has 8 heteroatoms. The first kappa shape index (κ1) is 19.3. The van der Waals surface area contributed by atoms with Gasteiger partial charge in [-0.25, -0.2) is 9.97 Å². The number of alkyl halides is 2. The van der Waals surface area contributed by atoms with E-state index < -0.39 is 6.61 Å². The number of para-hydroxylation sites is 2. The van der Waals surface area contributed by atoms with Crippen LogP contribution < -0.4 is 10.1 Å². The van der Waals surface area contributed by atoms with Gasteiger partial charge in [-0.1, -0.05) is 36.4 Å². The van der Waals surface area contributed by atoms with E-state index in [1.807, 2.05) is 36.4 Å². The maximum absolute atomic E-state index is 12.7. The normalized spacial score (nSPS) is 13.5. The lowest BCUT2D eigenvalue weighted by molar-refractivity contribution is -0.0508. The Bertz CT molecular complexity index is 1230. The standard InChI is InChI=1S/C23H19F2N5O/c24-23(25)31-21-8-4-2-6-16(21)11-30-12-18-20(13-30)27-14-28-22(18)29-17-9-15-5-1-3-7-19(15)26-10-17/h1-10,14,23H,11-13H2,(H,27,28,29). The van der Waals surface area contributed by atoms with Gasteiger partial charge in [0.05, 0.1) is 23.1 Å². The second-order valence-corrected chi connectivity index (χ2v) is 7.32. The number of ether oxygens (including phenoxy) is 1. The molecule has 31 heavy (non-hydrogen) atoms. The second-order valence-electron chi connectivity index (χ2n) is 7.32. The topological polar surface area (TPSA) is 63.2 Å². The molecule has 0 aliphatic carbocycles. The molecule has 0 unspecified atom stereocenters. The van der Waals surface area contributed by atoms with E-state index in [1.54, 1.807) is 24.4 Å². The smallest absolute Gasteiger partial charge is 0.387 e. The van der Waals surface area contributed by atoms with Crippen molar-refractivity contribution in [1.29, 1.82) is 0 Å². The molecule has 1 aliphatic heterocycles. The number of rotatable bonds is 6. The van der Waals surface area contributed by atoms with Gasteiger partial charge in [0.1, 0.15) is 17.9 Å². The molecule has 6 nitrogen and oxygen atoms in total. The summed E-state index contributed by atoms with van der Waals surface area (Å²) in [6.07, 6.45) is 3.31. The number of halogens is 2. The van der Waals surface area contributed by atoms with E-state index in [0.717, 1.165) is 33.7 Å². The molecule has 1 N–H and O–H groups in total. The highest BCUT2D eigenvalue weighted by molar-refractivity contribution is 5.82. The van der Waals surface area contributed by atoms with Gasteiger partial charge in [0.25, 0.3) is 0 Å². The predicted molar refractivity (Wildman–Crippen MR) is 113 cm³/mol. The minimum atomic E-state index is -2.85. The van der Waals surface area contributed by atoms with Gasteiger partial charge in [0.2, 0.25) is 0 Å². The summed E-state index contributed by atoms with van der Waals surface area (Å²) in [7, 11) is 0. The maximum atomic E-state index is 12.7. The van der Waals surface area contributed by atoms with Crippen molar-refractivity contribution in [3.8, 4) is 5.75 Å². The van der Waals surface area contributed by atoms with Crippen LogP contribution in [0.1, 0.15) is 16.8 Å². The first-order chi connectivity index (χ1) is 15.2. The Morgan fingerprint density at radius 1 is 1.00 bits per heavy atom. The number of nitrogens with zero attached hydrogens (tertiary/aromatic N) is 4. The minimum absolute atomic E-state index is 0.195. The van der Waals surface area contributed by atoms with Gasteiger partial charge in [-0.3, -0.25) is 9.88 Å². The summed E-state index contributed by atoms with van der Waals surface area (Å²) >= 11 is 0. The van der Waals surface area contributed by atoms with Crippen LogP contribution in [0.2, 0.25) is 0 Å². The quantitative estimate of drug-likeness (QED) is 0.480. The van der Waals surface area contributed by atoms with Crippen LogP contribution in [0.3, 0.4) is 0 Å². The SMILES string of the molecule is FC(F)Oc1ccccc1CN1Cc2ncnc(Nc3cnc4ccccc4c3)c2C1. The molecule has 0 saturated carbocycles. The molecule has 3 heterocycles. The number of hydrogen-bond donors (Lipinski definition) is 1. The zero-order valence-corrected chi connectivity index (χ0v) is 16.5. The molecule has 0 saturated heterocycles. The fourth-order valence-electron chi connectivity index (χ4n) is 3.82. The van der Waals surface area contributed by atoms with E-state index in [1.165, 1.54) is 6.33 Å². The van der Waals surface area contributed by atoms with Crippen molar-refractivity contribution in [3.63, 3.8) is 0 Å². The molecule has 0 fully saturated rings. The van der Waals surface area contributed by atoms with E-state index >= 15 is 0 Å². The van der Waals surface area contributed by atoms with Crippen LogP contribution in [0.15, 0.2) is 67.1 Å². The Morgan fingerprint density at radius 2 is 1.84 bits per heavy atom. The summed E-state index contributed by atoms with van der Waals surface area (Å²) in [4.78, 5) is 15.4. The summed E-state index contributed by atoms with van der Waals surface area (Å²) < 4.78 is 30.1. The molecule has 2 aromatic heterocycles. The molecule has 0 bridgehead atoms. The molecule has 5 rings (SSSR count). The highest BCUT2D eigenvalue weighted by Crippen LogP contribution is 2.31. The van der Waals surface area contributed by atoms with Crippen LogP contribution in [-0.2, 0) is 19.6 Å². The third-order valence-electron chi connectivity index (χ3n) is 5.23. The van der Waals surface area contributed by atoms with Crippen LogP contribution in [-0.4, -0.2) is 26.5 Å². The van der Waals surface area contributed by atoms with E-state index in [0.29, 0.717) is 25.2 Å². The Morgan fingerprint density at radius 3 is 2.74 bits per heavy atom. The van der Waals surface area contributed by atoms with Crippen molar-refractivity contribution in [3.05, 3.63) is 83.9 Å². The minimum Gasteiger partial charge on any atom is -0.434 e. The molecular weight excluding hydrogens is 400 g/mol. The van der Waals surface area contributed by atoms with E-state index in [4.69, 9.17) is 0 Å². The molecule has 2 aromatic carbocycles. The summed E-state index contributed by atoms with van der Waals surface area (Å²) in [6, 6.07) is 16.8. The van der Waals surface area contributed by atoms with Gasteiger partial charge in [-0.15, -0.1) is 0 Å². The van der Waals surface area contributed by atoms with Crippen molar-refractivity contribution in [2.75, 3.05) is 5.32 Å². The third-order valence-corrected chi connectivity index (χ3v) is 5.23. The average Bonchev–Trinajstić information content (AvgIpc) is 3.18. The first-order valence-electron chi connectivity index (χ1n) is 9.85. The maximum Gasteiger partial charge on any atom is 0.387 e. The Hall–Kier alpha value is -3.65. The summed E-state index contributed by atoms with van der Waals surface area (Å²) in [5.74, 6) is 0.918. The summed E-state index contributed by atoms with van der Waals surface area (Å²) in [6.45, 7) is -1.18. The number of nitrogens with one attached hydrogen (secondary N) is 1. The molecule has 0 radical (unpaired) electrons. The zero-order valence-electron chi connectivity index (χ0n) is 16.5. The van der Waals surface area contributed by atoms with E-state index in [2.05, 4.69) is 29.9 Å². The van der Waals surface area contributed by atoms with Gasteiger partial charge < -0.3 is 10.1 Å². The number of hydrogen-bond acceptors (Lipinski definition) is 6. The van der Waals surface area contributed by atoms with Gasteiger partial charge in [-0.05, 0) is 18.2 Å². The summed E-state index contributed by atoms with van der Waals surface area (Å²) in [5.41, 5.74) is 4.38. The first-order valence-corrected chi connectivity index (χ1v) is 9.85. The fraction of sp³-hybridized carbons (Fsp3) is 0.174. The Labute approximate surface area is 177 Å². The van der Waals surface area contributed by atoms with Crippen molar-refractivity contribution < 1.29 is 13.5 Å². The molecule has 156 valence electrons. The molecule has 0 amide bonds. The van der Waals surface area contributed by atoms with Crippen molar-refractivity contribution in [1.82, 2.24) is 19.9 Å².